The largest absolute Gasteiger partial charge is 0.489 e. The van der Waals surface area contributed by atoms with E-state index >= 15 is 0 Å². The molecule has 0 aliphatic carbocycles. The number of hydrogen-bond acceptors (Lipinski definition) is 4. The molecule has 0 fully saturated rings. The summed E-state index contributed by atoms with van der Waals surface area (Å²) in [5.74, 6) is 0.229. The lowest BCUT2D eigenvalue weighted by molar-refractivity contribution is 0.0936. The Morgan fingerprint density at radius 3 is 2.55 bits per heavy atom. The van der Waals surface area contributed by atoms with Crippen molar-refractivity contribution in [1.29, 1.82) is 0 Å². The van der Waals surface area contributed by atoms with Gasteiger partial charge in [0.2, 0.25) is 0 Å². The highest BCUT2D eigenvalue weighted by atomic mass is 79.9. The number of imidazole rings is 1. The third-order valence-electron chi connectivity index (χ3n) is 5.79. The molecule has 3 N–H and O–H groups in total. The first-order valence-electron chi connectivity index (χ1n) is 12.2. The lowest BCUT2D eigenvalue weighted by Gasteiger charge is -2.20. The number of nitrogens with zero attached hydrogens (tertiary/aromatic N) is 2. The van der Waals surface area contributed by atoms with Gasteiger partial charge in [-0.1, -0.05) is 35.9 Å². The molecule has 2 heterocycles. The van der Waals surface area contributed by atoms with E-state index in [2.05, 4.69) is 31.9 Å². The first-order chi connectivity index (χ1) is 18.2. The van der Waals surface area contributed by atoms with Crippen molar-refractivity contribution in [2.45, 2.75) is 32.4 Å². The molecule has 0 bridgehead atoms. The van der Waals surface area contributed by atoms with E-state index in [0.29, 0.717) is 22.8 Å². The van der Waals surface area contributed by atoms with E-state index in [0.717, 1.165) is 26.9 Å². The molecule has 38 heavy (non-hydrogen) atoms. The van der Waals surface area contributed by atoms with Crippen molar-refractivity contribution >= 4 is 45.1 Å². The first kappa shape index (κ1) is 27.5. The monoisotopic (exact) mass is 597 g/mol. The predicted octanol–water partition coefficient (Wildman–Crippen LogP) is 5.47. The van der Waals surface area contributed by atoms with Gasteiger partial charge in [0.1, 0.15) is 5.75 Å². The maximum Gasteiger partial charge on any atom is 0.314 e. The standard InChI is InChI=1S/C28H29BrClN5O3/c1-17(2)38-25-11-10-20(14-23(25)30)27(36)33-21(15-32-28(37)31-3)13-18-6-8-19(9-7-18)24-16-35-12-4-5-22(29)26(35)34-24/h4-12,14,16-17,21H,13,15H2,1-3H3,(H,33,36)(H2,31,32,37). The summed E-state index contributed by atoms with van der Waals surface area (Å²) in [6, 6.07) is 16.2. The molecule has 2 aromatic carbocycles. The number of carbonyl (C=O) groups is 2. The zero-order chi connectivity index (χ0) is 27.2. The normalized spacial score (nSPS) is 11.8. The molecule has 3 amide bonds. The van der Waals surface area contributed by atoms with Gasteiger partial charge in [-0.05, 0) is 72.1 Å². The highest BCUT2D eigenvalue weighted by Crippen LogP contribution is 2.27. The second-order valence-electron chi connectivity index (χ2n) is 9.06. The maximum absolute atomic E-state index is 13.0. The number of urea groups is 1. The number of halogens is 2. The summed E-state index contributed by atoms with van der Waals surface area (Å²) in [6.07, 6.45) is 4.41. The molecule has 198 valence electrons. The van der Waals surface area contributed by atoms with Gasteiger partial charge in [0.05, 0.1) is 27.3 Å². The Morgan fingerprint density at radius 2 is 1.89 bits per heavy atom. The molecule has 10 heteroatoms. The van der Waals surface area contributed by atoms with E-state index in [-0.39, 0.29) is 30.6 Å². The Labute approximate surface area is 234 Å². The highest BCUT2D eigenvalue weighted by Gasteiger charge is 2.17. The SMILES string of the molecule is CNC(=O)NCC(Cc1ccc(-c2cn3cccc(Br)c3n2)cc1)NC(=O)c1ccc(OC(C)C)c(Cl)c1. The van der Waals surface area contributed by atoms with Crippen molar-refractivity contribution in [2.75, 3.05) is 13.6 Å². The van der Waals surface area contributed by atoms with Gasteiger partial charge < -0.3 is 25.1 Å². The lowest BCUT2D eigenvalue weighted by Crippen LogP contribution is -2.46. The van der Waals surface area contributed by atoms with Crippen LogP contribution < -0.4 is 20.7 Å². The minimum absolute atomic E-state index is 0.0340. The first-order valence-corrected chi connectivity index (χ1v) is 13.4. The highest BCUT2D eigenvalue weighted by molar-refractivity contribution is 9.10. The fourth-order valence-electron chi connectivity index (χ4n) is 3.95. The Morgan fingerprint density at radius 1 is 1.13 bits per heavy atom. The van der Waals surface area contributed by atoms with Gasteiger partial charge in [-0.3, -0.25) is 4.79 Å². The number of hydrogen-bond donors (Lipinski definition) is 3. The lowest BCUT2D eigenvalue weighted by atomic mass is 10.0. The number of pyridine rings is 1. The van der Waals surface area contributed by atoms with Crippen molar-refractivity contribution in [3.05, 3.63) is 87.6 Å². The minimum atomic E-state index is -0.359. The molecule has 0 saturated carbocycles. The molecule has 4 aromatic rings. The van der Waals surface area contributed by atoms with Gasteiger partial charge >= 0.3 is 6.03 Å². The van der Waals surface area contributed by atoms with E-state index in [9.17, 15) is 9.59 Å². The molecule has 0 radical (unpaired) electrons. The van der Waals surface area contributed by atoms with Gasteiger partial charge in [0, 0.05) is 37.1 Å². The molecule has 1 unspecified atom stereocenters. The fraction of sp³-hybridized carbons (Fsp3) is 0.250. The Bertz CT molecular complexity index is 1440. The quantitative estimate of drug-likeness (QED) is 0.238. The molecule has 8 nitrogen and oxygen atoms in total. The van der Waals surface area contributed by atoms with E-state index in [4.69, 9.17) is 21.3 Å². The number of carbonyl (C=O) groups excluding carboxylic acids is 2. The third-order valence-corrected chi connectivity index (χ3v) is 6.71. The van der Waals surface area contributed by atoms with Crippen molar-refractivity contribution in [3.8, 4) is 17.0 Å². The average Bonchev–Trinajstić information content (AvgIpc) is 3.34. The van der Waals surface area contributed by atoms with Crippen LogP contribution >= 0.6 is 27.5 Å². The van der Waals surface area contributed by atoms with Gasteiger partial charge in [0.25, 0.3) is 5.91 Å². The molecular formula is C28H29BrClN5O3. The van der Waals surface area contributed by atoms with Crippen LogP contribution in [0.25, 0.3) is 16.9 Å². The summed E-state index contributed by atoms with van der Waals surface area (Å²) in [7, 11) is 1.54. The zero-order valence-electron chi connectivity index (χ0n) is 21.3. The summed E-state index contributed by atoms with van der Waals surface area (Å²) in [4.78, 5) is 29.6. The Balaban J connectivity index is 1.48. The number of benzene rings is 2. The van der Waals surface area contributed by atoms with E-state index < -0.39 is 0 Å². The van der Waals surface area contributed by atoms with Crippen molar-refractivity contribution in [1.82, 2.24) is 25.3 Å². The molecule has 0 aliphatic heterocycles. The van der Waals surface area contributed by atoms with Crippen LogP contribution in [0.4, 0.5) is 4.79 Å². The van der Waals surface area contributed by atoms with Crippen LogP contribution in [0.15, 0.2) is 71.5 Å². The molecule has 0 aliphatic rings. The smallest absolute Gasteiger partial charge is 0.314 e. The predicted molar refractivity (Wildman–Crippen MR) is 153 cm³/mol. The van der Waals surface area contributed by atoms with Crippen molar-refractivity contribution < 1.29 is 14.3 Å². The van der Waals surface area contributed by atoms with Crippen LogP contribution in [0.5, 0.6) is 5.75 Å². The molecular weight excluding hydrogens is 570 g/mol. The van der Waals surface area contributed by atoms with Crippen LogP contribution in [0.2, 0.25) is 5.02 Å². The van der Waals surface area contributed by atoms with Gasteiger partial charge in [-0.15, -0.1) is 0 Å². The van der Waals surface area contributed by atoms with E-state index in [1.807, 2.05) is 67.0 Å². The summed E-state index contributed by atoms with van der Waals surface area (Å²) in [5, 5.41) is 8.69. The summed E-state index contributed by atoms with van der Waals surface area (Å²) >= 11 is 9.86. The van der Waals surface area contributed by atoms with Crippen LogP contribution in [0.1, 0.15) is 29.8 Å². The van der Waals surface area contributed by atoms with Crippen LogP contribution in [-0.4, -0.2) is 47.1 Å². The third kappa shape index (κ3) is 6.85. The maximum atomic E-state index is 13.0. The Hall–Kier alpha value is -3.56. The van der Waals surface area contributed by atoms with Gasteiger partial charge in [-0.2, -0.15) is 0 Å². The van der Waals surface area contributed by atoms with Crippen molar-refractivity contribution in [3.63, 3.8) is 0 Å². The minimum Gasteiger partial charge on any atom is -0.489 e. The van der Waals surface area contributed by atoms with Gasteiger partial charge in [0.15, 0.2) is 5.65 Å². The van der Waals surface area contributed by atoms with E-state index in [1.54, 1.807) is 25.2 Å². The summed E-state index contributed by atoms with van der Waals surface area (Å²) in [6.45, 7) is 4.06. The second kappa shape index (κ2) is 12.3. The number of aromatic nitrogens is 2. The van der Waals surface area contributed by atoms with Crippen LogP contribution in [0.3, 0.4) is 0 Å². The second-order valence-corrected chi connectivity index (χ2v) is 10.3. The number of ether oxygens (including phenoxy) is 1. The molecule has 4 rings (SSSR count). The zero-order valence-corrected chi connectivity index (χ0v) is 23.6. The summed E-state index contributed by atoms with van der Waals surface area (Å²) < 4.78 is 8.55. The number of fused-ring (bicyclic) bond motifs is 1. The average molecular weight is 599 g/mol. The molecule has 1 atom stereocenters. The molecule has 2 aromatic heterocycles. The summed E-state index contributed by atoms with van der Waals surface area (Å²) in [5.41, 5.74) is 4.09. The topological polar surface area (TPSA) is 96.8 Å². The fourth-order valence-corrected chi connectivity index (χ4v) is 4.62. The number of amides is 3. The molecule has 0 spiro atoms. The number of nitrogens with one attached hydrogen (secondary N) is 3. The van der Waals surface area contributed by atoms with Crippen LogP contribution in [-0.2, 0) is 6.42 Å². The Kier molecular flexibility index (Phi) is 8.91. The van der Waals surface area contributed by atoms with Crippen LogP contribution in [0, 0.1) is 0 Å². The molecule has 0 saturated heterocycles. The van der Waals surface area contributed by atoms with E-state index in [1.165, 1.54) is 0 Å². The van der Waals surface area contributed by atoms with Gasteiger partial charge in [-0.25, -0.2) is 9.78 Å². The van der Waals surface area contributed by atoms with Crippen molar-refractivity contribution in [2.24, 2.45) is 0 Å². The number of rotatable bonds is 9.